The van der Waals surface area contributed by atoms with Crippen molar-refractivity contribution in [2.24, 2.45) is 0 Å². The van der Waals surface area contributed by atoms with Crippen LogP contribution in [0.2, 0.25) is 0 Å². The normalized spacial score (nSPS) is 16.4. The summed E-state index contributed by atoms with van der Waals surface area (Å²) in [4.78, 5) is 28.3. The zero-order chi connectivity index (χ0) is 27.8. The largest absolute Gasteiger partial charge is 0.507 e. The molecule has 1 aliphatic rings. The number of ether oxygens (including phenoxy) is 3. The van der Waals surface area contributed by atoms with Crippen LogP contribution in [0.3, 0.4) is 0 Å². The van der Waals surface area contributed by atoms with Crippen molar-refractivity contribution >= 4 is 17.4 Å². The van der Waals surface area contributed by atoms with E-state index >= 15 is 0 Å². The number of carbonyl (C=O) groups excluding carboxylic acids is 2. The van der Waals surface area contributed by atoms with Crippen LogP contribution in [-0.4, -0.2) is 48.1 Å². The standard InChI is InChI=1S/C32H35NO6/c1-4-20-39-26-17-14-24(21-27(26)38-6-3)29-28(30(34)23-12-15-25(16-13-23)37-5-2)31(35)32(36)33(29)19-18-22-10-8-7-9-11-22/h7-17,21,29,34H,4-6,18-20H2,1-3H3/b30-28+. The molecule has 4 rings (SSSR count). The number of likely N-dealkylation sites (tertiary alicyclic amines) is 1. The van der Waals surface area contributed by atoms with E-state index in [1.165, 1.54) is 4.90 Å². The van der Waals surface area contributed by atoms with E-state index in [4.69, 9.17) is 14.2 Å². The summed E-state index contributed by atoms with van der Waals surface area (Å²) in [5.41, 5.74) is 2.17. The first-order valence-electron chi connectivity index (χ1n) is 13.4. The molecule has 1 amide bonds. The topological polar surface area (TPSA) is 85.3 Å². The van der Waals surface area contributed by atoms with Crippen molar-refractivity contribution in [3.05, 3.63) is 95.1 Å². The van der Waals surface area contributed by atoms with Gasteiger partial charge in [0.25, 0.3) is 11.7 Å². The summed E-state index contributed by atoms with van der Waals surface area (Å²) in [7, 11) is 0. The molecular weight excluding hydrogens is 494 g/mol. The van der Waals surface area contributed by atoms with Crippen LogP contribution in [0.4, 0.5) is 0 Å². The fourth-order valence-electron chi connectivity index (χ4n) is 4.68. The first kappa shape index (κ1) is 27.8. The summed E-state index contributed by atoms with van der Waals surface area (Å²) < 4.78 is 17.2. The number of benzene rings is 3. The van der Waals surface area contributed by atoms with E-state index in [9.17, 15) is 14.7 Å². The first-order chi connectivity index (χ1) is 19.0. The summed E-state index contributed by atoms with van der Waals surface area (Å²) >= 11 is 0. The Morgan fingerprint density at radius 2 is 1.56 bits per heavy atom. The molecule has 0 spiro atoms. The SMILES string of the molecule is CCCOc1ccc(C2/C(=C(\O)c3ccc(OCC)cc3)C(=O)C(=O)N2CCc2ccccc2)cc1OCC. The van der Waals surface area contributed by atoms with Crippen molar-refractivity contribution in [2.45, 2.75) is 39.7 Å². The van der Waals surface area contributed by atoms with Crippen molar-refractivity contribution in [3.8, 4) is 17.2 Å². The molecule has 0 aromatic heterocycles. The van der Waals surface area contributed by atoms with E-state index in [1.54, 1.807) is 36.4 Å². The van der Waals surface area contributed by atoms with Crippen LogP contribution >= 0.6 is 0 Å². The third kappa shape index (κ3) is 6.25. The Labute approximate surface area is 229 Å². The molecule has 39 heavy (non-hydrogen) atoms. The monoisotopic (exact) mass is 529 g/mol. The Balaban J connectivity index is 1.79. The van der Waals surface area contributed by atoms with Gasteiger partial charge in [0.1, 0.15) is 11.5 Å². The fourth-order valence-corrected chi connectivity index (χ4v) is 4.68. The Morgan fingerprint density at radius 1 is 0.846 bits per heavy atom. The predicted molar refractivity (Wildman–Crippen MR) is 150 cm³/mol. The lowest BCUT2D eigenvalue weighted by Crippen LogP contribution is -2.31. The van der Waals surface area contributed by atoms with Gasteiger partial charge in [-0.1, -0.05) is 43.3 Å². The molecule has 7 nitrogen and oxygen atoms in total. The van der Waals surface area contributed by atoms with Crippen LogP contribution in [0.15, 0.2) is 78.4 Å². The number of amides is 1. The predicted octanol–water partition coefficient (Wildman–Crippen LogP) is 5.94. The summed E-state index contributed by atoms with van der Waals surface area (Å²) in [6, 6.07) is 21.2. The molecule has 1 heterocycles. The summed E-state index contributed by atoms with van der Waals surface area (Å²) in [6.07, 6.45) is 1.40. The van der Waals surface area contributed by atoms with E-state index in [0.717, 1.165) is 12.0 Å². The average molecular weight is 530 g/mol. The minimum atomic E-state index is -0.792. The lowest BCUT2D eigenvalue weighted by atomic mass is 9.94. The van der Waals surface area contributed by atoms with Gasteiger partial charge in [0.2, 0.25) is 0 Å². The molecule has 0 aliphatic carbocycles. The highest BCUT2D eigenvalue weighted by Gasteiger charge is 2.46. The molecule has 3 aromatic carbocycles. The lowest BCUT2D eigenvalue weighted by molar-refractivity contribution is -0.139. The van der Waals surface area contributed by atoms with E-state index in [2.05, 4.69) is 0 Å². The number of hydrogen-bond acceptors (Lipinski definition) is 6. The van der Waals surface area contributed by atoms with E-state index in [0.29, 0.717) is 61.2 Å². The van der Waals surface area contributed by atoms with Gasteiger partial charge < -0.3 is 24.2 Å². The molecule has 1 N–H and O–H groups in total. The maximum Gasteiger partial charge on any atom is 0.295 e. The van der Waals surface area contributed by atoms with Gasteiger partial charge in [0, 0.05) is 12.1 Å². The molecule has 1 fully saturated rings. The lowest BCUT2D eigenvalue weighted by Gasteiger charge is -2.26. The maximum absolute atomic E-state index is 13.4. The third-order valence-electron chi connectivity index (χ3n) is 6.51. The maximum atomic E-state index is 13.4. The van der Waals surface area contributed by atoms with Crippen molar-refractivity contribution < 1.29 is 28.9 Å². The second-order valence-electron chi connectivity index (χ2n) is 9.17. The van der Waals surface area contributed by atoms with Gasteiger partial charge in [-0.2, -0.15) is 0 Å². The number of Topliss-reactive ketones (excluding diaryl/α,β-unsaturated/α-hetero) is 1. The van der Waals surface area contributed by atoms with Gasteiger partial charge >= 0.3 is 0 Å². The highest BCUT2D eigenvalue weighted by molar-refractivity contribution is 6.46. The smallest absolute Gasteiger partial charge is 0.295 e. The number of carbonyl (C=O) groups is 2. The molecule has 1 aliphatic heterocycles. The summed E-state index contributed by atoms with van der Waals surface area (Å²) in [5.74, 6) is 0.176. The highest BCUT2D eigenvalue weighted by Crippen LogP contribution is 2.42. The van der Waals surface area contributed by atoms with E-state index in [-0.39, 0.29) is 11.3 Å². The zero-order valence-corrected chi connectivity index (χ0v) is 22.7. The van der Waals surface area contributed by atoms with Gasteiger partial charge in [-0.15, -0.1) is 0 Å². The van der Waals surface area contributed by atoms with Crippen molar-refractivity contribution in [1.82, 2.24) is 4.90 Å². The number of hydrogen-bond donors (Lipinski definition) is 1. The summed E-state index contributed by atoms with van der Waals surface area (Å²) in [6.45, 7) is 7.57. The van der Waals surface area contributed by atoms with E-state index in [1.807, 2.05) is 57.2 Å². The number of rotatable bonds is 12. The van der Waals surface area contributed by atoms with Gasteiger partial charge in [0.15, 0.2) is 11.5 Å². The second-order valence-corrected chi connectivity index (χ2v) is 9.17. The Kier molecular flexibility index (Phi) is 9.26. The Bertz CT molecular complexity index is 1320. The molecule has 1 saturated heterocycles. The van der Waals surface area contributed by atoms with Crippen molar-refractivity contribution in [2.75, 3.05) is 26.4 Å². The number of ketones is 1. The number of nitrogens with zero attached hydrogens (tertiary/aromatic N) is 1. The number of aliphatic hydroxyl groups excluding tert-OH is 1. The highest BCUT2D eigenvalue weighted by atomic mass is 16.5. The quantitative estimate of drug-likeness (QED) is 0.178. The number of aliphatic hydroxyl groups is 1. The van der Waals surface area contributed by atoms with Crippen LogP contribution in [0.25, 0.3) is 5.76 Å². The zero-order valence-electron chi connectivity index (χ0n) is 22.7. The van der Waals surface area contributed by atoms with Gasteiger partial charge in [-0.3, -0.25) is 9.59 Å². The van der Waals surface area contributed by atoms with Crippen LogP contribution in [0.5, 0.6) is 17.2 Å². The molecule has 7 heteroatoms. The van der Waals surface area contributed by atoms with Crippen LogP contribution in [0, 0.1) is 0 Å². The van der Waals surface area contributed by atoms with Gasteiger partial charge in [-0.25, -0.2) is 0 Å². The Hall–Kier alpha value is -4.26. The Morgan fingerprint density at radius 3 is 2.23 bits per heavy atom. The van der Waals surface area contributed by atoms with Gasteiger partial charge in [-0.05, 0) is 74.2 Å². The first-order valence-corrected chi connectivity index (χ1v) is 13.4. The molecule has 0 bridgehead atoms. The van der Waals surface area contributed by atoms with Crippen molar-refractivity contribution in [3.63, 3.8) is 0 Å². The van der Waals surface area contributed by atoms with E-state index < -0.39 is 17.7 Å². The van der Waals surface area contributed by atoms with Crippen molar-refractivity contribution in [1.29, 1.82) is 0 Å². The molecule has 3 aromatic rings. The molecule has 204 valence electrons. The fraction of sp³-hybridized carbons (Fsp3) is 0.312. The van der Waals surface area contributed by atoms with Gasteiger partial charge in [0.05, 0.1) is 31.4 Å². The second kappa shape index (κ2) is 13.0. The molecule has 0 saturated carbocycles. The molecule has 0 radical (unpaired) electrons. The minimum absolute atomic E-state index is 0.0434. The minimum Gasteiger partial charge on any atom is -0.507 e. The summed E-state index contributed by atoms with van der Waals surface area (Å²) in [5, 5.41) is 11.4. The molecule has 1 unspecified atom stereocenters. The van der Waals surface area contributed by atoms with Crippen LogP contribution in [-0.2, 0) is 16.0 Å². The molecule has 1 atom stereocenters. The third-order valence-corrected chi connectivity index (χ3v) is 6.51. The molecular formula is C32H35NO6. The van der Waals surface area contributed by atoms with Crippen LogP contribution < -0.4 is 14.2 Å². The average Bonchev–Trinajstić information content (AvgIpc) is 3.21. The van der Waals surface area contributed by atoms with Crippen LogP contribution in [0.1, 0.15) is 49.9 Å².